The van der Waals surface area contributed by atoms with Crippen LogP contribution in [0.5, 0.6) is 0 Å². The van der Waals surface area contributed by atoms with Gasteiger partial charge in [0.2, 0.25) is 10.0 Å². The van der Waals surface area contributed by atoms with Gasteiger partial charge < -0.3 is 19.7 Å². The van der Waals surface area contributed by atoms with Gasteiger partial charge >= 0.3 is 0 Å². The van der Waals surface area contributed by atoms with Gasteiger partial charge in [-0.3, -0.25) is 4.79 Å². The summed E-state index contributed by atoms with van der Waals surface area (Å²) in [6, 6.07) is 7.31. The van der Waals surface area contributed by atoms with Gasteiger partial charge in [0.25, 0.3) is 5.91 Å². The minimum Gasteiger partial charge on any atom is -0.379 e. The lowest BCUT2D eigenvalue weighted by Crippen LogP contribution is -2.41. The molecule has 1 unspecified atom stereocenters. The van der Waals surface area contributed by atoms with Gasteiger partial charge in [-0.1, -0.05) is 6.07 Å². The summed E-state index contributed by atoms with van der Waals surface area (Å²) in [6.07, 6.45) is 0. The number of halogens is 2. The second-order valence-corrected chi connectivity index (χ2v) is 10.1. The van der Waals surface area contributed by atoms with Crippen LogP contribution in [0.1, 0.15) is 28.9 Å². The summed E-state index contributed by atoms with van der Waals surface area (Å²) in [6.45, 7) is 4.82. The van der Waals surface area contributed by atoms with Gasteiger partial charge in [0.1, 0.15) is 0 Å². The highest BCUT2D eigenvalue weighted by Gasteiger charge is 2.29. The Balaban J connectivity index is 1.66. The molecule has 2 aliphatic heterocycles. The summed E-state index contributed by atoms with van der Waals surface area (Å²) in [5.41, 5.74) is 1.15. The van der Waals surface area contributed by atoms with E-state index in [1.54, 1.807) is 13.0 Å². The Morgan fingerprint density at radius 3 is 2.24 bits per heavy atom. The van der Waals surface area contributed by atoms with E-state index in [9.17, 15) is 22.0 Å². The molecule has 0 spiro atoms. The maximum Gasteiger partial charge on any atom is 0.253 e. The van der Waals surface area contributed by atoms with E-state index in [0.717, 1.165) is 12.1 Å². The molecule has 2 saturated heterocycles. The number of nitrogens with zero attached hydrogens (tertiary/aromatic N) is 2. The third-order valence-corrected chi connectivity index (χ3v) is 7.86. The van der Waals surface area contributed by atoms with Crippen LogP contribution in [0.2, 0.25) is 0 Å². The normalized spacial score (nSPS) is 18.5. The number of carbonyl (C=O) groups is 1. The van der Waals surface area contributed by atoms with Crippen LogP contribution in [-0.4, -0.2) is 71.2 Å². The first-order valence-corrected chi connectivity index (χ1v) is 12.5. The molecule has 1 N–H and O–H groups in total. The number of hydrogen-bond acceptors (Lipinski definition) is 6. The zero-order chi connectivity index (χ0) is 24.3. The van der Waals surface area contributed by atoms with E-state index in [-0.39, 0.29) is 23.5 Å². The molecule has 0 aliphatic carbocycles. The summed E-state index contributed by atoms with van der Waals surface area (Å²) >= 11 is 0. The van der Waals surface area contributed by atoms with Gasteiger partial charge in [-0.25, -0.2) is 17.2 Å². The van der Waals surface area contributed by atoms with E-state index in [1.165, 1.54) is 22.5 Å². The van der Waals surface area contributed by atoms with Crippen LogP contribution in [0.4, 0.5) is 14.5 Å². The molecule has 11 heteroatoms. The Hall–Kier alpha value is -2.60. The monoisotopic (exact) mass is 495 g/mol. The van der Waals surface area contributed by atoms with Crippen molar-refractivity contribution in [2.45, 2.75) is 17.9 Å². The lowest BCUT2D eigenvalue weighted by molar-refractivity contribution is 0.0730. The van der Waals surface area contributed by atoms with E-state index in [0.29, 0.717) is 50.8 Å². The number of benzene rings is 2. The van der Waals surface area contributed by atoms with Crippen molar-refractivity contribution < 1.29 is 31.5 Å². The van der Waals surface area contributed by atoms with Crippen LogP contribution in [0.25, 0.3) is 0 Å². The average Bonchev–Trinajstić information content (AvgIpc) is 2.86. The largest absolute Gasteiger partial charge is 0.379 e. The number of rotatable bonds is 6. The smallest absolute Gasteiger partial charge is 0.253 e. The summed E-state index contributed by atoms with van der Waals surface area (Å²) < 4.78 is 65.4. The molecule has 2 fully saturated rings. The molecule has 34 heavy (non-hydrogen) atoms. The Kier molecular flexibility index (Phi) is 7.46. The third-order valence-electron chi connectivity index (χ3n) is 5.96. The van der Waals surface area contributed by atoms with E-state index >= 15 is 0 Å². The van der Waals surface area contributed by atoms with Crippen molar-refractivity contribution >= 4 is 21.6 Å². The number of carbonyl (C=O) groups excluding carboxylic acids is 1. The maximum atomic E-state index is 13.7. The number of nitrogens with one attached hydrogen (secondary N) is 1. The predicted molar refractivity (Wildman–Crippen MR) is 121 cm³/mol. The summed E-state index contributed by atoms with van der Waals surface area (Å²) in [4.78, 5) is 15.3. The zero-order valence-electron chi connectivity index (χ0n) is 18.8. The molecule has 0 saturated carbocycles. The molecular formula is C23H27F2N3O5S. The average molecular weight is 496 g/mol. The van der Waals surface area contributed by atoms with Gasteiger partial charge in [0, 0.05) is 31.9 Å². The molecular weight excluding hydrogens is 468 g/mol. The fraction of sp³-hybridized carbons (Fsp3) is 0.435. The molecule has 0 radical (unpaired) electrons. The lowest BCUT2D eigenvalue weighted by atomic mass is 10.1. The Morgan fingerprint density at radius 1 is 0.941 bits per heavy atom. The highest BCUT2D eigenvalue weighted by Crippen LogP contribution is 2.28. The highest BCUT2D eigenvalue weighted by molar-refractivity contribution is 7.89. The molecule has 8 nitrogen and oxygen atoms in total. The molecule has 2 aromatic rings. The fourth-order valence-corrected chi connectivity index (χ4v) is 5.45. The predicted octanol–water partition coefficient (Wildman–Crippen LogP) is 2.31. The van der Waals surface area contributed by atoms with Crippen LogP contribution in [0, 0.1) is 11.6 Å². The van der Waals surface area contributed by atoms with Crippen LogP contribution < -0.4 is 10.2 Å². The molecule has 1 amide bonds. The molecule has 4 rings (SSSR count). The van der Waals surface area contributed by atoms with Gasteiger partial charge in [-0.2, -0.15) is 4.31 Å². The molecule has 184 valence electrons. The Morgan fingerprint density at radius 2 is 1.59 bits per heavy atom. The van der Waals surface area contributed by atoms with Gasteiger partial charge in [0.05, 0.1) is 42.9 Å². The van der Waals surface area contributed by atoms with Crippen molar-refractivity contribution in [1.82, 2.24) is 9.62 Å². The van der Waals surface area contributed by atoms with E-state index in [4.69, 9.17) is 9.47 Å². The Bertz CT molecular complexity index is 1150. The van der Waals surface area contributed by atoms with Crippen LogP contribution in [0.3, 0.4) is 0 Å². The second kappa shape index (κ2) is 10.3. The SMILES string of the molecule is CC(NC(=O)c1cc(S(=O)(=O)N2CCOCC2)ccc1N1CCOCC1)c1ccc(F)c(F)c1. The molecule has 2 heterocycles. The first kappa shape index (κ1) is 24.5. The van der Waals surface area contributed by atoms with Crippen LogP contribution >= 0.6 is 0 Å². The van der Waals surface area contributed by atoms with E-state index < -0.39 is 33.6 Å². The molecule has 2 aromatic carbocycles. The van der Waals surface area contributed by atoms with Crippen LogP contribution in [0.15, 0.2) is 41.3 Å². The third kappa shape index (κ3) is 5.22. The first-order chi connectivity index (χ1) is 16.3. The number of anilines is 1. The number of hydrogen-bond donors (Lipinski definition) is 1. The minimum absolute atomic E-state index is 0.0111. The number of amides is 1. The standard InChI is InChI=1S/C23H27F2N3O5S/c1-16(17-2-4-20(24)21(25)14-17)26-23(29)19-15-18(34(30,31)28-8-12-33-13-9-28)3-5-22(19)27-6-10-32-11-7-27/h2-5,14-16H,6-13H2,1H3,(H,26,29). The molecule has 2 aliphatic rings. The van der Waals surface area contributed by atoms with Crippen LogP contribution in [-0.2, 0) is 19.5 Å². The number of sulfonamides is 1. The highest BCUT2D eigenvalue weighted by atomic mass is 32.2. The van der Waals surface area contributed by atoms with Gasteiger partial charge in [0.15, 0.2) is 11.6 Å². The zero-order valence-corrected chi connectivity index (χ0v) is 19.6. The molecule has 0 aromatic heterocycles. The summed E-state index contributed by atoms with van der Waals surface area (Å²) in [5, 5.41) is 2.78. The summed E-state index contributed by atoms with van der Waals surface area (Å²) in [7, 11) is -3.82. The van der Waals surface area contributed by atoms with Crippen molar-refractivity contribution in [2.24, 2.45) is 0 Å². The van der Waals surface area contributed by atoms with Crippen molar-refractivity contribution in [3.8, 4) is 0 Å². The lowest BCUT2D eigenvalue weighted by Gasteiger charge is -2.31. The van der Waals surface area contributed by atoms with E-state index in [2.05, 4.69) is 5.32 Å². The minimum atomic E-state index is -3.82. The topological polar surface area (TPSA) is 88.2 Å². The van der Waals surface area contributed by atoms with Crippen molar-refractivity contribution in [3.05, 3.63) is 59.2 Å². The van der Waals surface area contributed by atoms with Crippen molar-refractivity contribution in [1.29, 1.82) is 0 Å². The first-order valence-electron chi connectivity index (χ1n) is 11.1. The Labute approximate surface area is 197 Å². The quantitative estimate of drug-likeness (QED) is 0.662. The van der Waals surface area contributed by atoms with E-state index in [1.807, 2.05) is 4.90 Å². The maximum absolute atomic E-state index is 13.7. The fourth-order valence-electron chi connectivity index (χ4n) is 4.01. The number of morpholine rings is 2. The molecule has 1 atom stereocenters. The van der Waals surface area contributed by atoms with Gasteiger partial charge in [-0.15, -0.1) is 0 Å². The number of ether oxygens (including phenoxy) is 2. The molecule has 0 bridgehead atoms. The van der Waals surface area contributed by atoms with Gasteiger partial charge in [-0.05, 0) is 42.8 Å². The second-order valence-electron chi connectivity index (χ2n) is 8.16. The summed E-state index contributed by atoms with van der Waals surface area (Å²) in [5.74, 6) is -2.50. The van der Waals surface area contributed by atoms with Crippen molar-refractivity contribution in [2.75, 3.05) is 57.5 Å². The van der Waals surface area contributed by atoms with Crippen molar-refractivity contribution in [3.63, 3.8) is 0 Å².